The first-order chi connectivity index (χ1) is 12.2. The number of nitrogen functional groups attached to an aromatic ring is 1. The molecule has 1 aliphatic rings. The van der Waals surface area contributed by atoms with Crippen LogP contribution in [0.4, 0.5) is 5.69 Å². The Labute approximate surface area is 148 Å². The van der Waals surface area contributed by atoms with Crippen molar-refractivity contribution < 1.29 is 4.42 Å². The van der Waals surface area contributed by atoms with Crippen LogP contribution in [0, 0.1) is 5.92 Å². The zero-order chi connectivity index (χ0) is 17.2. The van der Waals surface area contributed by atoms with Gasteiger partial charge in [0.25, 0.3) is 0 Å². The molecule has 1 heterocycles. The van der Waals surface area contributed by atoms with Crippen molar-refractivity contribution in [3.8, 4) is 0 Å². The van der Waals surface area contributed by atoms with Gasteiger partial charge in [0.05, 0.1) is 12.0 Å². The molecule has 25 heavy (non-hydrogen) atoms. The number of benzene rings is 3. The average Bonchev–Trinajstić information content (AvgIpc) is 3.12. The van der Waals surface area contributed by atoms with E-state index in [0.29, 0.717) is 5.69 Å². The van der Waals surface area contributed by atoms with Gasteiger partial charge in [-0.25, -0.2) is 0 Å². The maximum absolute atomic E-state index is 5.18. The third-order valence-corrected chi connectivity index (χ3v) is 5.14. The van der Waals surface area contributed by atoms with E-state index in [-0.39, 0.29) is 0 Å². The van der Waals surface area contributed by atoms with Crippen LogP contribution >= 0.6 is 0 Å². The van der Waals surface area contributed by atoms with Crippen LogP contribution in [0.2, 0.25) is 0 Å². The van der Waals surface area contributed by atoms with Crippen LogP contribution < -0.4 is 5.73 Å². The smallest absolute Gasteiger partial charge is 0.113 e. The Balaban J connectivity index is 0.000000223. The number of hydrogen-bond donors (Lipinski definition) is 1. The van der Waals surface area contributed by atoms with Gasteiger partial charge in [-0.1, -0.05) is 55.5 Å². The Morgan fingerprint density at radius 2 is 1.76 bits per heavy atom. The lowest BCUT2D eigenvalue weighted by Crippen LogP contribution is -2.11. The van der Waals surface area contributed by atoms with Crippen molar-refractivity contribution >= 4 is 27.2 Å². The summed E-state index contributed by atoms with van der Waals surface area (Å²) >= 11 is 0. The van der Waals surface area contributed by atoms with E-state index >= 15 is 0 Å². The second-order valence-corrected chi connectivity index (χ2v) is 6.99. The van der Waals surface area contributed by atoms with Gasteiger partial charge in [-0.15, -0.1) is 0 Å². The van der Waals surface area contributed by atoms with Crippen molar-refractivity contribution in [3.63, 3.8) is 0 Å². The first-order valence-corrected chi connectivity index (χ1v) is 8.92. The summed E-state index contributed by atoms with van der Waals surface area (Å²) in [6.45, 7) is 2.38. The highest BCUT2D eigenvalue weighted by molar-refractivity contribution is 6.08. The van der Waals surface area contributed by atoms with E-state index in [9.17, 15) is 0 Å². The highest BCUT2D eigenvalue weighted by Gasteiger charge is 2.17. The summed E-state index contributed by atoms with van der Waals surface area (Å²) in [6, 6.07) is 19.7. The summed E-state index contributed by atoms with van der Waals surface area (Å²) in [5.74, 6) is 0.824. The zero-order valence-corrected chi connectivity index (χ0v) is 14.5. The Kier molecular flexibility index (Phi) is 4.19. The molecule has 0 saturated heterocycles. The molecule has 0 fully saturated rings. The molecule has 0 spiro atoms. The summed E-state index contributed by atoms with van der Waals surface area (Å²) in [6.07, 6.45) is 6.85. The van der Waals surface area contributed by atoms with Gasteiger partial charge in [-0.3, -0.25) is 0 Å². The van der Waals surface area contributed by atoms with Crippen LogP contribution in [-0.4, -0.2) is 0 Å². The van der Waals surface area contributed by atoms with E-state index in [1.54, 1.807) is 17.2 Å². The predicted molar refractivity (Wildman–Crippen MR) is 106 cm³/mol. The lowest BCUT2D eigenvalue weighted by atomic mass is 9.82. The lowest BCUT2D eigenvalue weighted by molar-refractivity contribution is 0.504. The van der Waals surface area contributed by atoms with Crippen molar-refractivity contribution in [2.24, 2.45) is 5.92 Å². The molecular weight excluding hydrogens is 306 g/mol. The molecule has 0 saturated carbocycles. The van der Waals surface area contributed by atoms with Crippen LogP contribution in [0.15, 0.2) is 71.5 Å². The fraction of sp³-hybridized carbons (Fsp3) is 0.217. The molecule has 0 aliphatic heterocycles. The molecular formula is C23H23NO. The number of rotatable bonds is 0. The molecule has 2 heteroatoms. The molecule has 2 nitrogen and oxygen atoms in total. The van der Waals surface area contributed by atoms with Gasteiger partial charge in [-0.05, 0) is 63.9 Å². The molecule has 1 aromatic heterocycles. The normalized spacial score (nSPS) is 16.3. The van der Waals surface area contributed by atoms with Gasteiger partial charge < -0.3 is 10.2 Å². The monoisotopic (exact) mass is 329 g/mol. The fourth-order valence-corrected chi connectivity index (χ4v) is 3.80. The summed E-state index contributed by atoms with van der Waals surface area (Å²) < 4.78 is 4.59. The number of anilines is 1. The highest BCUT2D eigenvalue weighted by atomic mass is 16.3. The maximum atomic E-state index is 5.18. The number of aryl methyl sites for hydroxylation is 1. The van der Waals surface area contributed by atoms with Crippen molar-refractivity contribution in [2.45, 2.75) is 26.2 Å². The highest BCUT2D eigenvalue weighted by Crippen LogP contribution is 2.34. The van der Waals surface area contributed by atoms with E-state index in [2.05, 4.69) is 59.9 Å². The zero-order valence-electron chi connectivity index (χ0n) is 14.5. The predicted octanol–water partition coefficient (Wildman–Crippen LogP) is 5.98. The van der Waals surface area contributed by atoms with Crippen molar-refractivity contribution in [1.82, 2.24) is 0 Å². The van der Waals surface area contributed by atoms with Gasteiger partial charge >= 0.3 is 0 Å². The second kappa shape index (κ2) is 6.64. The minimum atomic E-state index is 0.676. The molecule has 1 unspecified atom stereocenters. The maximum Gasteiger partial charge on any atom is 0.113 e. The number of nitrogens with two attached hydrogens (primary N) is 1. The minimum absolute atomic E-state index is 0.676. The average molecular weight is 329 g/mol. The number of furan rings is 1. The summed E-state index contributed by atoms with van der Waals surface area (Å²) in [5, 5.41) is 5.63. The standard InChI is InChI=1S/C19H18.C4H5NO/c1-13-6-7-15-9-10-17-16-5-3-2-4-14(16)8-11-18(17)19(15)12-13;5-4-1-2-6-3-4/h2-5,8-11,13H,6-7,12H2,1H3;1-3H,5H2. The molecule has 4 aromatic rings. The molecule has 0 radical (unpaired) electrons. The van der Waals surface area contributed by atoms with E-state index < -0.39 is 0 Å². The molecule has 1 aliphatic carbocycles. The molecule has 0 bridgehead atoms. The van der Waals surface area contributed by atoms with E-state index in [1.807, 2.05) is 0 Å². The van der Waals surface area contributed by atoms with Gasteiger partial charge in [0, 0.05) is 0 Å². The SMILES string of the molecule is CC1CCc2ccc3c(ccc4ccccc43)c2C1.Nc1ccoc1. The van der Waals surface area contributed by atoms with Crippen LogP contribution in [0.1, 0.15) is 24.5 Å². The Morgan fingerprint density at radius 3 is 2.52 bits per heavy atom. The third-order valence-electron chi connectivity index (χ3n) is 5.14. The van der Waals surface area contributed by atoms with E-state index in [1.165, 1.54) is 53.3 Å². The molecule has 5 rings (SSSR count). The van der Waals surface area contributed by atoms with Crippen LogP contribution in [0.3, 0.4) is 0 Å². The topological polar surface area (TPSA) is 39.2 Å². The first-order valence-electron chi connectivity index (χ1n) is 8.92. The second-order valence-electron chi connectivity index (χ2n) is 6.99. The first kappa shape index (κ1) is 15.8. The number of fused-ring (bicyclic) bond motifs is 5. The summed E-state index contributed by atoms with van der Waals surface area (Å²) in [5.41, 5.74) is 9.03. The summed E-state index contributed by atoms with van der Waals surface area (Å²) in [7, 11) is 0. The Hall–Kier alpha value is -2.74. The van der Waals surface area contributed by atoms with Gasteiger partial charge in [0.1, 0.15) is 6.26 Å². The van der Waals surface area contributed by atoms with Crippen LogP contribution in [-0.2, 0) is 12.8 Å². The Bertz CT molecular complexity index is 1000. The molecule has 126 valence electrons. The quantitative estimate of drug-likeness (QED) is 0.403. The van der Waals surface area contributed by atoms with Crippen molar-refractivity contribution in [3.05, 3.63) is 78.3 Å². The van der Waals surface area contributed by atoms with E-state index in [0.717, 1.165) is 5.92 Å². The molecule has 1 atom stereocenters. The van der Waals surface area contributed by atoms with E-state index in [4.69, 9.17) is 5.73 Å². The molecule has 3 aromatic carbocycles. The van der Waals surface area contributed by atoms with Crippen molar-refractivity contribution in [2.75, 3.05) is 5.73 Å². The van der Waals surface area contributed by atoms with Crippen molar-refractivity contribution in [1.29, 1.82) is 0 Å². The minimum Gasteiger partial charge on any atom is -0.470 e. The largest absolute Gasteiger partial charge is 0.470 e. The van der Waals surface area contributed by atoms with Gasteiger partial charge in [0.2, 0.25) is 0 Å². The summed E-state index contributed by atoms with van der Waals surface area (Å²) in [4.78, 5) is 0. The van der Waals surface area contributed by atoms with Crippen LogP contribution in [0.5, 0.6) is 0 Å². The Morgan fingerprint density at radius 1 is 0.920 bits per heavy atom. The van der Waals surface area contributed by atoms with Gasteiger partial charge in [-0.2, -0.15) is 0 Å². The van der Waals surface area contributed by atoms with Crippen LogP contribution in [0.25, 0.3) is 21.5 Å². The molecule has 2 N–H and O–H groups in total. The van der Waals surface area contributed by atoms with Gasteiger partial charge in [0.15, 0.2) is 0 Å². The third kappa shape index (κ3) is 3.12. The molecule has 0 amide bonds. The fourth-order valence-electron chi connectivity index (χ4n) is 3.80. The number of hydrogen-bond acceptors (Lipinski definition) is 2. The lowest BCUT2D eigenvalue weighted by Gasteiger charge is -2.23.